The number of hydrogen-bond donors (Lipinski definition) is 2. The van der Waals surface area contributed by atoms with Crippen LogP contribution >= 0.6 is 0 Å². The van der Waals surface area contributed by atoms with E-state index < -0.39 is 28.7 Å². The lowest BCUT2D eigenvalue weighted by atomic mass is 9.76. The number of rotatable bonds is 4. The van der Waals surface area contributed by atoms with Gasteiger partial charge in [-0.2, -0.15) is 0 Å². The summed E-state index contributed by atoms with van der Waals surface area (Å²) < 4.78 is 15.1. The van der Waals surface area contributed by atoms with Gasteiger partial charge < -0.3 is 19.9 Å². The smallest absolute Gasteiger partial charge is 0.312 e. The van der Waals surface area contributed by atoms with E-state index in [0.717, 1.165) is 18.4 Å². The van der Waals surface area contributed by atoms with Gasteiger partial charge in [-0.25, -0.2) is 14.4 Å². The van der Waals surface area contributed by atoms with Gasteiger partial charge in [0.1, 0.15) is 17.2 Å². The summed E-state index contributed by atoms with van der Waals surface area (Å²) in [5.41, 5.74) is 0.522. The van der Waals surface area contributed by atoms with Crippen LogP contribution < -0.4 is 5.56 Å². The largest absolute Gasteiger partial charge is 0.501 e. The maximum atomic E-state index is 13.7. The molecule has 6 rings (SSSR count). The Morgan fingerprint density at radius 1 is 1.21 bits per heavy atom. The Morgan fingerprint density at radius 3 is 2.58 bits per heavy atom. The fourth-order valence-corrected chi connectivity index (χ4v) is 5.67. The average Bonchev–Trinajstić information content (AvgIpc) is 3.22. The molecule has 38 heavy (non-hydrogen) atoms. The van der Waals surface area contributed by atoms with Gasteiger partial charge in [0.15, 0.2) is 11.5 Å². The molecule has 200 valence electrons. The number of aromatic nitrogens is 4. The number of aromatic hydroxyl groups is 1. The molecular weight excluding hydrogens is 491 g/mol. The average molecular weight is 523 g/mol. The maximum absolute atomic E-state index is 13.7. The fourth-order valence-electron chi connectivity index (χ4n) is 5.67. The molecule has 3 aromatic rings. The van der Waals surface area contributed by atoms with Crippen molar-refractivity contribution < 1.29 is 19.1 Å². The van der Waals surface area contributed by atoms with Gasteiger partial charge in [0.05, 0.1) is 0 Å². The van der Waals surface area contributed by atoms with E-state index in [1.807, 2.05) is 0 Å². The number of imidazole rings is 1. The molecule has 2 aliphatic heterocycles. The van der Waals surface area contributed by atoms with E-state index in [-0.39, 0.29) is 23.3 Å². The Morgan fingerprint density at radius 2 is 1.92 bits per heavy atom. The number of carbonyl (C=O) groups is 2. The molecule has 0 unspecified atom stereocenters. The Balaban J connectivity index is 1.58. The number of aryl methyl sites for hydroxylation is 1. The van der Waals surface area contributed by atoms with Gasteiger partial charge in [-0.05, 0) is 55.7 Å². The molecule has 1 aromatic carbocycles. The molecular formula is C27H31FN6O4. The SMILES string of the molecule is Cc1cc(Cc2cnc(-c3nc4n(c(=O)c3O)CC3CCC4(N(C)C(=O)C(=O)N(C)C)CC3)[nH]2)ccc1F. The number of benzene rings is 1. The van der Waals surface area contributed by atoms with Gasteiger partial charge in [-0.1, -0.05) is 12.1 Å². The molecule has 0 spiro atoms. The van der Waals surface area contributed by atoms with E-state index in [2.05, 4.69) is 9.97 Å². The lowest BCUT2D eigenvalue weighted by molar-refractivity contribution is -0.154. The molecule has 1 saturated carbocycles. The van der Waals surface area contributed by atoms with Crippen molar-refractivity contribution in [2.75, 3.05) is 21.1 Å². The monoisotopic (exact) mass is 522 g/mol. The zero-order chi connectivity index (χ0) is 27.4. The van der Waals surface area contributed by atoms with Crippen LogP contribution in [0.1, 0.15) is 48.3 Å². The van der Waals surface area contributed by atoms with Crippen LogP contribution in [0.15, 0.2) is 29.2 Å². The maximum Gasteiger partial charge on any atom is 0.312 e. The van der Waals surface area contributed by atoms with Gasteiger partial charge >= 0.3 is 11.8 Å². The van der Waals surface area contributed by atoms with Crippen LogP contribution in [0.3, 0.4) is 0 Å². The van der Waals surface area contributed by atoms with Crippen molar-refractivity contribution in [3.8, 4) is 17.3 Å². The first kappa shape index (κ1) is 25.6. The zero-order valence-corrected chi connectivity index (χ0v) is 21.9. The molecule has 2 N–H and O–H groups in total. The summed E-state index contributed by atoms with van der Waals surface area (Å²) in [5, 5.41) is 10.9. The van der Waals surface area contributed by atoms with E-state index in [1.165, 1.54) is 34.5 Å². The van der Waals surface area contributed by atoms with Crippen LogP contribution in [-0.2, 0) is 28.1 Å². The second-order valence-corrected chi connectivity index (χ2v) is 10.6. The number of aromatic amines is 1. The van der Waals surface area contributed by atoms with Crippen LogP contribution in [0, 0.1) is 18.7 Å². The molecule has 10 nitrogen and oxygen atoms in total. The number of H-pyrrole nitrogens is 1. The van der Waals surface area contributed by atoms with Gasteiger partial charge in [0, 0.05) is 46.0 Å². The van der Waals surface area contributed by atoms with E-state index in [0.29, 0.717) is 42.9 Å². The predicted octanol–water partition coefficient (Wildman–Crippen LogP) is 2.32. The minimum atomic E-state index is -0.974. The van der Waals surface area contributed by atoms with Gasteiger partial charge in [-0.3, -0.25) is 19.0 Å². The van der Waals surface area contributed by atoms with Crippen molar-refractivity contribution in [2.24, 2.45) is 5.92 Å². The first-order valence-corrected chi connectivity index (χ1v) is 12.6. The third-order valence-electron chi connectivity index (χ3n) is 7.94. The number of amides is 2. The summed E-state index contributed by atoms with van der Waals surface area (Å²) in [6, 6.07) is 4.86. The summed E-state index contributed by atoms with van der Waals surface area (Å²) in [7, 11) is 4.61. The molecule has 4 heterocycles. The quantitative estimate of drug-likeness (QED) is 0.507. The van der Waals surface area contributed by atoms with Crippen LogP contribution in [0.25, 0.3) is 11.5 Å². The Kier molecular flexibility index (Phi) is 6.32. The third kappa shape index (κ3) is 4.15. The highest BCUT2D eigenvalue weighted by Gasteiger charge is 2.50. The van der Waals surface area contributed by atoms with Gasteiger partial charge in [0.25, 0.3) is 5.56 Å². The van der Waals surface area contributed by atoms with Crippen molar-refractivity contribution in [3.05, 3.63) is 63.2 Å². The molecule has 3 aliphatic rings. The van der Waals surface area contributed by atoms with Crippen molar-refractivity contribution in [2.45, 2.75) is 51.1 Å². The highest BCUT2D eigenvalue weighted by Crippen LogP contribution is 2.47. The van der Waals surface area contributed by atoms with Gasteiger partial charge in [0.2, 0.25) is 5.75 Å². The Labute approximate surface area is 219 Å². The Bertz CT molecular complexity index is 1490. The van der Waals surface area contributed by atoms with Crippen LogP contribution in [-0.4, -0.2) is 67.4 Å². The van der Waals surface area contributed by atoms with Gasteiger partial charge in [-0.15, -0.1) is 0 Å². The number of nitrogens with one attached hydrogen (secondary N) is 1. The minimum absolute atomic E-state index is 0.00713. The summed E-state index contributed by atoms with van der Waals surface area (Å²) in [6.07, 6.45) is 4.64. The van der Waals surface area contributed by atoms with E-state index in [1.54, 1.807) is 32.3 Å². The highest BCUT2D eigenvalue weighted by molar-refractivity contribution is 6.34. The molecule has 2 bridgehead atoms. The molecule has 0 radical (unpaired) electrons. The Hall–Kier alpha value is -4.02. The summed E-state index contributed by atoms with van der Waals surface area (Å²) in [6.45, 7) is 2.08. The second-order valence-electron chi connectivity index (χ2n) is 10.6. The summed E-state index contributed by atoms with van der Waals surface area (Å²) in [5.74, 6) is -1.38. The van der Waals surface area contributed by atoms with E-state index in [4.69, 9.17) is 4.98 Å². The summed E-state index contributed by atoms with van der Waals surface area (Å²) in [4.78, 5) is 54.1. The molecule has 2 amide bonds. The number of fused-ring (bicyclic) bond motifs is 2. The number of likely N-dealkylation sites (N-methyl/N-ethyl adjacent to an activating group) is 2. The molecule has 0 saturated heterocycles. The second kappa shape index (κ2) is 9.38. The van der Waals surface area contributed by atoms with Crippen molar-refractivity contribution in [3.63, 3.8) is 0 Å². The normalized spacial score (nSPS) is 20.1. The van der Waals surface area contributed by atoms with E-state index in [9.17, 15) is 23.9 Å². The predicted molar refractivity (Wildman–Crippen MR) is 137 cm³/mol. The molecule has 2 aromatic heterocycles. The zero-order valence-electron chi connectivity index (χ0n) is 21.9. The number of nitrogens with zero attached hydrogens (tertiary/aromatic N) is 5. The van der Waals surface area contributed by atoms with Crippen LogP contribution in [0.2, 0.25) is 0 Å². The first-order valence-electron chi connectivity index (χ1n) is 12.6. The lowest BCUT2D eigenvalue weighted by Gasteiger charge is -2.43. The highest BCUT2D eigenvalue weighted by atomic mass is 19.1. The third-order valence-corrected chi connectivity index (χ3v) is 7.94. The van der Waals surface area contributed by atoms with Crippen molar-refractivity contribution in [1.29, 1.82) is 0 Å². The molecule has 11 heteroatoms. The molecule has 0 atom stereocenters. The standard InChI is InChI=1S/C27H31FN6O4/c1-15-11-17(5-6-19(15)28)12-18-13-29-22(30-18)20-21(35)23(36)34-14-16-7-9-27(10-8-16,26(34)31-20)33(4)25(38)24(37)32(2)3/h5-6,11,13,16,35H,7-10,12,14H2,1-4H3,(H,29,30). The minimum Gasteiger partial charge on any atom is -0.501 e. The van der Waals surface area contributed by atoms with Crippen LogP contribution in [0.4, 0.5) is 4.39 Å². The van der Waals surface area contributed by atoms with E-state index >= 15 is 0 Å². The molecule has 1 aliphatic carbocycles. The number of halogens is 1. The first-order chi connectivity index (χ1) is 18.0. The lowest BCUT2D eigenvalue weighted by Crippen LogP contribution is -2.54. The molecule has 1 fully saturated rings. The van der Waals surface area contributed by atoms with Crippen molar-refractivity contribution >= 4 is 11.8 Å². The fraction of sp³-hybridized carbons (Fsp3) is 0.444. The summed E-state index contributed by atoms with van der Waals surface area (Å²) >= 11 is 0. The topological polar surface area (TPSA) is 124 Å². The number of hydrogen-bond acceptors (Lipinski definition) is 6. The number of carbonyl (C=O) groups excluding carboxylic acids is 2. The van der Waals surface area contributed by atoms with Crippen LogP contribution in [0.5, 0.6) is 5.75 Å². The van der Waals surface area contributed by atoms with Crippen molar-refractivity contribution in [1.82, 2.24) is 29.3 Å².